The first-order valence-electron chi connectivity index (χ1n) is 6.51. The van der Waals surface area contributed by atoms with Crippen LogP contribution >= 0.6 is 11.6 Å². The Morgan fingerprint density at radius 1 is 1.00 bits per heavy atom. The van der Waals surface area contributed by atoms with Crippen molar-refractivity contribution in [3.8, 4) is 22.8 Å². The fourth-order valence-electron chi connectivity index (χ4n) is 2.08. The third-order valence-corrected chi connectivity index (χ3v) is 3.37. The maximum absolute atomic E-state index is 5.99. The first kappa shape index (κ1) is 13.6. The Morgan fingerprint density at radius 2 is 1.67 bits per heavy atom. The number of aryl methyl sites for hydroxylation is 1. The zero-order valence-electron chi connectivity index (χ0n) is 11.7. The summed E-state index contributed by atoms with van der Waals surface area (Å²) in [7, 11) is 1.64. The molecule has 0 radical (unpaired) electrons. The van der Waals surface area contributed by atoms with Crippen LogP contribution in [0.15, 0.2) is 48.5 Å². The molecule has 106 valence electrons. The molecule has 0 fully saturated rings. The SMILES string of the molecule is COc1ccc(-n2nc(Cl)nc2-c2ccc(C)cc2)cc1. The topological polar surface area (TPSA) is 39.9 Å². The molecule has 4 nitrogen and oxygen atoms in total. The fourth-order valence-corrected chi connectivity index (χ4v) is 2.24. The molecule has 1 heterocycles. The summed E-state index contributed by atoms with van der Waals surface area (Å²) >= 11 is 5.99. The molecule has 0 atom stereocenters. The molecule has 0 unspecified atom stereocenters. The van der Waals surface area contributed by atoms with Gasteiger partial charge in [-0.25, -0.2) is 4.68 Å². The van der Waals surface area contributed by atoms with E-state index in [1.54, 1.807) is 11.8 Å². The largest absolute Gasteiger partial charge is 0.497 e. The van der Waals surface area contributed by atoms with Gasteiger partial charge in [0.15, 0.2) is 5.82 Å². The van der Waals surface area contributed by atoms with Crippen molar-refractivity contribution in [2.75, 3.05) is 7.11 Å². The number of hydrogen-bond donors (Lipinski definition) is 0. The molecule has 0 aliphatic heterocycles. The van der Waals surface area contributed by atoms with E-state index in [-0.39, 0.29) is 5.28 Å². The van der Waals surface area contributed by atoms with Gasteiger partial charge >= 0.3 is 0 Å². The number of rotatable bonds is 3. The van der Waals surface area contributed by atoms with Crippen LogP contribution in [0.2, 0.25) is 5.28 Å². The Hall–Kier alpha value is -2.33. The molecule has 0 aliphatic carbocycles. The van der Waals surface area contributed by atoms with E-state index >= 15 is 0 Å². The van der Waals surface area contributed by atoms with E-state index in [1.807, 2.05) is 55.5 Å². The lowest BCUT2D eigenvalue weighted by Crippen LogP contribution is -1.99. The summed E-state index contributed by atoms with van der Waals surface area (Å²) in [6.45, 7) is 2.05. The Morgan fingerprint density at radius 3 is 2.29 bits per heavy atom. The molecular formula is C16H14ClN3O. The summed E-state index contributed by atoms with van der Waals surface area (Å²) in [5.74, 6) is 1.51. The Balaban J connectivity index is 2.08. The summed E-state index contributed by atoms with van der Waals surface area (Å²) in [6.07, 6.45) is 0. The average molecular weight is 300 g/mol. The van der Waals surface area contributed by atoms with E-state index in [2.05, 4.69) is 10.1 Å². The normalized spacial score (nSPS) is 10.6. The summed E-state index contributed by atoms with van der Waals surface area (Å²) in [4.78, 5) is 4.32. The van der Waals surface area contributed by atoms with E-state index < -0.39 is 0 Å². The van der Waals surface area contributed by atoms with Crippen LogP contribution in [-0.2, 0) is 0 Å². The van der Waals surface area contributed by atoms with Gasteiger partial charge in [0.25, 0.3) is 0 Å². The second kappa shape index (κ2) is 5.58. The second-order valence-electron chi connectivity index (χ2n) is 4.68. The molecule has 0 saturated carbocycles. The maximum atomic E-state index is 5.99. The molecule has 0 amide bonds. The molecule has 0 aliphatic rings. The number of benzene rings is 2. The minimum Gasteiger partial charge on any atom is -0.497 e. The van der Waals surface area contributed by atoms with Crippen molar-refractivity contribution in [1.29, 1.82) is 0 Å². The van der Waals surface area contributed by atoms with Crippen LogP contribution in [0, 0.1) is 6.92 Å². The molecule has 0 spiro atoms. The molecule has 0 saturated heterocycles. The van der Waals surface area contributed by atoms with Gasteiger partial charge < -0.3 is 4.74 Å². The van der Waals surface area contributed by atoms with Crippen molar-refractivity contribution in [2.24, 2.45) is 0 Å². The molecule has 2 aromatic carbocycles. The van der Waals surface area contributed by atoms with Crippen molar-refractivity contribution < 1.29 is 4.74 Å². The average Bonchev–Trinajstić information content (AvgIpc) is 2.90. The van der Waals surface area contributed by atoms with Crippen molar-refractivity contribution in [3.05, 3.63) is 59.4 Å². The quantitative estimate of drug-likeness (QED) is 0.736. The molecule has 3 rings (SSSR count). The van der Waals surface area contributed by atoms with Crippen LogP contribution < -0.4 is 4.74 Å². The molecule has 21 heavy (non-hydrogen) atoms. The van der Waals surface area contributed by atoms with Crippen LogP contribution in [0.4, 0.5) is 0 Å². The van der Waals surface area contributed by atoms with Crippen LogP contribution in [0.5, 0.6) is 5.75 Å². The van der Waals surface area contributed by atoms with E-state index in [4.69, 9.17) is 16.3 Å². The second-order valence-corrected chi connectivity index (χ2v) is 5.02. The van der Waals surface area contributed by atoms with Gasteiger partial charge in [0, 0.05) is 5.56 Å². The van der Waals surface area contributed by atoms with Crippen LogP contribution in [0.3, 0.4) is 0 Å². The first-order valence-corrected chi connectivity index (χ1v) is 6.89. The Kier molecular flexibility index (Phi) is 3.62. The number of methoxy groups -OCH3 is 1. The molecule has 5 heteroatoms. The minimum atomic E-state index is 0.224. The molecular weight excluding hydrogens is 286 g/mol. The maximum Gasteiger partial charge on any atom is 0.243 e. The summed E-state index contributed by atoms with van der Waals surface area (Å²) in [5, 5.41) is 4.49. The predicted octanol–water partition coefficient (Wildman–Crippen LogP) is 3.90. The number of hydrogen-bond acceptors (Lipinski definition) is 3. The van der Waals surface area contributed by atoms with Crippen molar-refractivity contribution in [1.82, 2.24) is 14.8 Å². The van der Waals surface area contributed by atoms with Gasteiger partial charge in [-0.3, -0.25) is 0 Å². The van der Waals surface area contributed by atoms with E-state index in [1.165, 1.54) is 5.56 Å². The third-order valence-electron chi connectivity index (χ3n) is 3.21. The highest BCUT2D eigenvalue weighted by Gasteiger charge is 2.12. The highest BCUT2D eigenvalue weighted by Crippen LogP contribution is 2.24. The zero-order valence-corrected chi connectivity index (χ0v) is 12.5. The molecule has 3 aromatic rings. The fraction of sp³-hybridized carbons (Fsp3) is 0.125. The van der Waals surface area contributed by atoms with Crippen LogP contribution in [0.1, 0.15) is 5.56 Å². The lowest BCUT2D eigenvalue weighted by atomic mass is 10.1. The first-order chi connectivity index (χ1) is 10.2. The number of aromatic nitrogens is 3. The van der Waals surface area contributed by atoms with E-state index in [0.717, 1.165) is 17.0 Å². The summed E-state index contributed by atoms with van der Waals surface area (Å²) in [5.41, 5.74) is 3.04. The Bertz CT molecular complexity index is 748. The van der Waals surface area contributed by atoms with Gasteiger partial charge in [-0.15, -0.1) is 5.10 Å². The number of halogens is 1. The summed E-state index contributed by atoms with van der Waals surface area (Å²) in [6, 6.07) is 15.7. The Labute approximate surface area is 128 Å². The summed E-state index contributed by atoms with van der Waals surface area (Å²) < 4.78 is 6.90. The monoisotopic (exact) mass is 299 g/mol. The van der Waals surface area contributed by atoms with Gasteiger partial charge in [-0.05, 0) is 42.8 Å². The zero-order chi connectivity index (χ0) is 14.8. The van der Waals surface area contributed by atoms with Crippen LogP contribution in [-0.4, -0.2) is 21.9 Å². The van der Waals surface area contributed by atoms with Gasteiger partial charge in [0.05, 0.1) is 12.8 Å². The lowest BCUT2D eigenvalue weighted by molar-refractivity contribution is 0.414. The predicted molar refractivity (Wildman–Crippen MR) is 83.1 cm³/mol. The lowest BCUT2D eigenvalue weighted by Gasteiger charge is -2.07. The van der Waals surface area contributed by atoms with Crippen molar-refractivity contribution in [3.63, 3.8) is 0 Å². The molecule has 0 N–H and O–H groups in total. The minimum absolute atomic E-state index is 0.224. The van der Waals surface area contributed by atoms with Gasteiger partial charge in [-0.2, -0.15) is 4.98 Å². The van der Waals surface area contributed by atoms with Gasteiger partial charge in [0.1, 0.15) is 5.75 Å². The van der Waals surface area contributed by atoms with Gasteiger partial charge in [-0.1, -0.05) is 29.8 Å². The number of nitrogens with zero attached hydrogens (tertiary/aromatic N) is 3. The van der Waals surface area contributed by atoms with E-state index in [9.17, 15) is 0 Å². The molecule has 0 bridgehead atoms. The number of ether oxygens (including phenoxy) is 1. The highest BCUT2D eigenvalue weighted by molar-refractivity contribution is 6.28. The van der Waals surface area contributed by atoms with E-state index in [0.29, 0.717) is 5.82 Å². The molecule has 1 aromatic heterocycles. The van der Waals surface area contributed by atoms with Gasteiger partial charge in [0.2, 0.25) is 5.28 Å². The smallest absolute Gasteiger partial charge is 0.243 e. The van der Waals surface area contributed by atoms with Crippen LogP contribution in [0.25, 0.3) is 17.1 Å². The third kappa shape index (κ3) is 2.76. The van der Waals surface area contributed by atoms with Crippen molar-refractivity contribution in [2.45, 2.75) is 6.92 Å². The highest BCUT2D eigenvalue weighted by atomic mass is 35.5. The standard InChI is InChI=1S/C16H14ClN3O/c1-11-3-5-12(6-4-11)15-18-16(17)19-20(15)13-7-9-14(21-2)10-8-13/h3-10H,1-2H3. The van der Waals surface area contributed by atoms with Crippen molar-refractivity contribution >= 4 is 11.6 Å².